The van der Waals surface area contributed by atoms with Gasteiger partial charge in [0.25, 0.3) is 0 Å². The topological polar surface area (TPSA) is 112 Å². The Morgan fingerprint density at radius 3 is 2.66 bits per heavy atom. The van der Waals surface area contributed by atoms with Crippen LogP contribution in [0.1, 0.15) is 46.9 Å². The van der Waals surface area contributed by atoms with Gasteiger partial charge in [-0.2, -0.15) is 0 Å². The van der Waals surface area contributed by atoms with E-state index in [1.807, 2.05) is 0 Å². The summed E-state index contributed by atoms with van der Waals surface area (Å²) in [5.41, 5.74) is 4.54. The zero-order valence-electron chi connectivity index (χ0n) is 22.4. The number of rotatable bonds is 5. The van der Waals surface area contributed by atoms with Crippen LogP contribution in [0.2, 0.25) is 0 Å². The molecule has 3 aromatic heterocycles. The van der Waals surface area contributed by atoms with Gasteiger partial charge < -0.3 is 25.2 Å². The molecule has 11 heteroatoms. The number of carboxylic acid groups (broad SMARTS) is 1. The lowest BCUT2D eigenvalue weighted by Gasteiger charge is -2.25. The van der Waals surface area contributed by atoms with Crippen molar-refractivity contribution < 1.29 is 18.7 Å². The average molecular weight is 559 g/mol. The smallest absolute Gasteiger partial charge is 0.341 e. The molecule has 9 nitrogen and oxygen atoms in total. The molecule has 0 bridgehead atoms. The molecule has 1 aliphatic carbocycles. The Morgan fingerprint density at radius 1 is 1.15 bits per heavy atom. The summed E-state index contributed by atoms with van der Waals surface area (Å²) in [5, 5.41) is 16.1. The van der Waals surface area contributed by atoms with E-state index >= 15 is 0 Å². The van der Waals surface area contributed by atoms with E-state index in [1.54, 1.807) is 30.1 Å². The molecule has 210 valence electrons. The maximum Gasteiger partial charge on any atom is 0.341 e. The molecule has 41 heavy (non-hydrogen) atoms. The van der Waals surface area contributed by atoms with Gasteiger partial charge >= 0.3 is 5.97 Å². The zero-order valence-corrected chi connectivity index (χ0v) is 22.4. The van der Waals surface area contributed by atoms with Crippen molar-refractivity contribution in [2.24, 2.45) is 0 Å². The predicted molar refractivity (Wildman–Crippen MR) is 152 cm³/mol. The highest BCUT2D eigenvalue weighted by molar-refractivity contribution is 5.98. The Labute approximate surface area is 233 Å². The third-order valence-corrected chi connectivity index (χ3v) is 8.58. The minimum atomic E-state index is -1.29. The minimum Gasteiger partial charge on any atom is -0.477 e. The molecule has 1 atom stereocenters. The second kappa shape index (κ2) is 9.62. The Bertz CT molecular complexity index is 1810. The van der Waals surface area contributed by atoms with Crippen LogP contribution in [-0.4, -0.2) is 58.8 Å². The monoisotopic (exact) mass is 558 g/mol. The van der Waals surface area contributed by atoms with Gasteiger partial charge in [-0.1, -0.05) is 0 Å². The normalized spacial score (nSPS) is 17.7. The molecule has 2 fully saturated rings. The van der Waals surface area contributed by atoms with Gasteiger partial charge in [-0.05, 0) is 49.1 Å². The number of nitrogens with zero attached hydrogens (tertiary/aromatic N) is 4. The van der Waals surface area contributed by atoms with Crippen molar-refractivity contribution in [2.75, 3.05) is 43.4 Å². The fraction of sp³-hybridized carbons (Fsp3) is 0.333. The average Bonchev–Trinajstić information content (AvgIpc) is 3.75. The van der Waals surface area contributed by atoms with Crippen molar-refractivity contribution in [3.8, 4) is 22.3 Å². The number of aromatic carboxylic acids is 1. The number of nitrogens with one attached hydrogen (secondary N) is 2. The van der Waals surface area contributed by atoms with Gasteiger partial charge in [0.1, 0.15) is 11.2 Å². The number of hydrogen-bond donors (Lipinski definition) is 3. The van der Waals surface area contributed by atoms with E-state index in [9.17, 15) is 23.5 Å². The molecule has 0 saturated carbocycles. The molecular weight excluding hydrogens is 530 g/mol. The van der Waals surface area contributed by atoms with Crippen LogP contribution in [-0.2, 0) is 6.42 Å². The summed E-state index contributed by atoms with van der Waals surface area (Å²) >= 11 is 0. The van der Waals surface area contributed by atoms with Gasteiger partial charge in [-0.3, -0.25) is 9.78 Å². The molecule has 0 spiro atoms. The standard InChI is InChI=1S/C30H28F2N6O3/c1-33-26-18-10-23-24(17(18)9-22(31)25(26)32)27(37-6-2-3-7-37)20(13-35-23)15-8-19-28(39)21(30(40)41)14-38(29(19)36-11-15)16-4-5-34-12-16/h8-9,11,13-14,16,33-34H,2-7,10,12H2,1H3,(H,40,41). The van der Waals surface area contributed by atoms with Crippen molar-refractivity contribution in [3.63, 3.8) is 0 Å². The number of benzene rings is 1. The summed E-state index contributed by atoms with van der Waals surface area (Å²) in [7, 11) is 1.57. The second-order valence-electron chi connectivity index (χ2n) is 10.9. The highest BCUT2D eigenvalue weighted by Gasteiger charge is 2.33. The Morgan fingerprint density at radius 2 is 1.95 bits per heavy atom. The van der Waals surface area contributed by atoms with Crippen LogP contribution in [0, 0.1) is 11.6 Å². The largest absolute Gasteiger partial charge is 0.477 e. The number of aromatic nitrogens is 3. The lowest BCUT2D eigenvalue weighted by atomic mass is 9.97. The van der Waals surface area contributed by atoms with Gasteiger partial charge in [0, 0.05) is 74.4 Å². The van der Waals surface area contributed by atoms with Crippen molar-refractivity contribution in [3.05, 3.63) is 69.4 Å². The zero-order chi connectivity index (χ0) is 28.4. The first-order valence-electron chi connectivity index (χ1n) is 13.8. The predicted octanol–water partition coefficient (Wildman–Crippen LogP) is 4.18. The molecule has 4 aromatic rings. The van der Waals surface area contributed by atoms with Crippen molar-refractivity contribution >= 4 is 28.4 Å². The summed E-state index contributed by atoms with van der Waals surface area (Å²) in [6.07, 6.45) is 7.93. The Hall–Kier alpha value is -4.38. The molecule has 5 heterocycles. The maximum atomic E-state index is 14.8. The first-order chi connectivity index (χ1) is 19.9. The van der Waals surface area contributed by atoms with E-state index < -0.39 is 23.0 Å². The molecule has 0 amide bonds. The Balaban J connectivity index is 1.48. The molecule has 3 aliphatic rings. The highest BCUT2D eigenvalue weighted by atomic mass is 19.2. The van der Waals surface area contributed by atoms with Crippen LogP contribution in [0.4, 0.5) is 20.2 Å². The van der Waals surface area contributed by atoms with Gasteiger partial charge in [-0.15, -0.1) is 0 Å². The quantitative estimate of drug-likeness (QED) is 0.295. The van der Waals surface area contributed by atoms with Crippen LogP contribution < -0.4 is 21.0 Å². The highest BCUT2D eigenvalue weighted by Crippen LogP contribution is 2.49. The van der Waals surface area contributed by atoms with Gasteiger partial charge in [0.2, 0.25) is 5.43 Å². The number of carboxylic acids is 1. The van der Waals surface area contributed by atoms with Crippen LogP contribution in [0.25, 0.3) is 33.3 Å². The first-order valence-corrected chi connectivity index (χ1v) is 13.8. The molecule has 3 N–H and O–H groups in total. The fourth-order valence-electron chi connectivity index (χ4n) is 6.62. The van der Waals surface area contributed by atoms with Crippen LogP contribution in [0.5, 0.6) is 0 Å². The van der Waals surface area contributed by atoms with Crippen molar-refractivity contribution in [1.82, 2.24) is 19.9 Å². The number of pyridine rings is 3. The first kappa shape index (κ1) is 25.6. The summed E-state index contributed by atoms with van der Waals surface area (Å²) in [5.74, 6) is -3.14. The number of halogens is 2. The molecule has 1 aromatic carbocycles. The number of fused-ring (bicyclic) bond motifs is 4. The van der Waals surface area contributed by atoms with E-state index in [1.165, 1.54) is 12.3 Å². The molecule has 1 unspecified atom stereocenters. The van der Waals surface area contributed by atoms with Gasteiger partial charge in [0.05, 0.1) is 22.5 Å². The molecule has 2 aliphatic heterocycles. The van der Waals surface area contributed by atoms with E-state index in [2.05, 4.69) is 15.5 Å². The maximum absolute atomic E-state index is 14.8. The molecule has 7 rings (SSSR count). The van der Waals surface area contributed by atoms with E-state index in [0.717, 1.165) is 55.8 Å². The summed E-state index contributed by atoms with van der Waals surface area (Å²) in [6, 6.07) is 2.91. The third kappa shape index (κ3) is 3.90. The number of carbonyl (C=O) groups is 1. The van der Waals surface area contributed by atoms with Crippen molar-refractivity contribution in [2.45, 2.75) is 31.7 Å². The molecule has 2 saturated heterocycles. The summed E-state index contributed by atoms with van der Waals surface area (Å²) < 4.78 is 31.3. The van der Waals surface area contributed by atoms with Gasteiger partial charge in [0.15, 0.2) is 11.6 Å². The van der Waals surface area contributed by atoms with Crippen LogP contribution in [0.15, 0.2) is 35.5 Å². The van der Waals surface area contributed by atoms with Crippen LogP contribution >= 0.6 is 0 Å². The van der Waals surface area contributed by atoms with Crippen molar-refractivity contribution in [1.29, 1.82) is 0 Å². The van der Waals surface area contributed by atoms with Gasteiger partial charge in [-0.25, -0.2) is 18.6 Å². The second-order valence-corrected chi connectivity index (χ2v) is 10.9. The van der Waals surface area contributed by atoms with E-state index in [0.29, 0.717) is 40.9 Å². The lowest BCUT2D eigenvalue weighted by Crippen LogP contribution is -2.23. The Kier molecular flexibility index (Phi) is 6.00. The lowest BCUT2D eigenvalue weighted by molar-refractivity contribution is 0.0694. The fourth-order valence-corrected chi connectivity index (χ4v) is 6.62. The number of hydrogen-bond acceptors (Lipinski definition) is 7. The molecular formula is C30H28F2N6O3. The SMILES string of the molecule is CNc1c(F)c(F)cc2c1Cc1ncc(-c3cnc4c(c3)c(=O)c(C(=O)O)cn4C3CCNC3)c(N3CCCC3)c1-2. The summed E-state index contributed by atoms with van der Waals surface area (Å²) in [6.45, 7) is 3.01. The number of anilines is 2. The summed E-state index contributed by atoms with van der Waals surface area (Å²) in [4.78, 5) is 37.1. The molecule has 0 radical (unpaired) electrons. The van der Waals surface area contributed by atoms with Crippen LogP contribution in [0.3, 0.4) is 0 Å². The van der Waals surface area contributed by atoms with E-state index in [-0.39, 0.29) is 22.7 Å². The minimum absolute atomic E-state index is 0.0236. The van der Waals surface area contributed by atoms with E-state index in [4.69, 9.17) is 9.97 Å². The third-order valence-electron chi connectivity index (χ3n) is 8.58.